The van der Waals surface area contributed by atoms with E-state index in [-0.39, 0.29) is 21.4 Å². The highest BCUT2D eigenvalue weighted by Crippen LogP contribution is 2.31. The molecule has 1 atom stereocenters. The van der Waals surface area contributed by atoms with Gasteiger partial charge in [-0.05, 0) is 49.1 Å². The van der Waals surface area contributed by atoms with Crippen LogP contribution in [0.25, 0.3) is 0 Å². The molecule has 9 heteroatoms. The number of halogens is 1. The molecule has 1 heterocycles. The molecule has 3 rings (SSSR count). The van der Waals surface area contributed by atoms with Crippen LogP contribution in [0.15, 0.2) is 41.3 Å². The van der Waals surface area contributed by atoms with E-state index in [4.69, 9.17) is 21.1 Å². The van der Waals surface area contributed by atoms with E-state index in [9.17, 15) is 13.2 Å². The van der Waals surface area contributed by atoms with Crippen LogP contribution < -0.4 is 14.8 Å². The molecule has 1 saturated heterocycles. The number of methoxy groups -OCH3 is 2. The van der Waals surface area contributed by atoms with Gasteiger partial charge in [-0.25, -0.2) is 8.42 Å². The largest absolute Gasteiger partial charge is 0.497 e. The Kier molecular flexibility index (Phi) is 6.90. The summed E-state index contributed by atoms with van der Waals surface area (Å²) in [4.78, 5) is 12.7. The van der Waals surface area contributed by atoms with Crippen molar-refractivity contribution < 1.29 is 22.7 Å². The molecule has 1 fully saturated rings. The number of benzene rings is 2. The van der Waals surface area contributed by atoms with E-state index in [1.807, 2.05) is 6.92 Å². The van der Waals surface area contributed by atoms with Crippen molar-refractivity contribution in [2.75, 3.05) is 32.6 Å². The van der Waals surface area contributed by atoms with Crippen molar-refractivity contribution >= 4 is 33.2 Å². The van der Waals surface area contributed by atoms with Gasteiger partial charge in [0.2, 0.25) is 10.0 Å². The summed E-state index contributed by atoms with van der Waals surface area (Å²) in [5.74, 6) is 0.812. The second-order valence-electron chi connectivity index (χ2n) is 7.28. The van der Waals surface area contributed by atoms with Crippen LogP contribution in [0.5, 0.6) is 11.5 Å². The molecule has 162 valence electrons. The van der Waals surface area contributed by atoms with Crippen LogP contribution in [0.1, 0.15) is 30.1 Å². The van der Waals surface area contributed by atoms with Gasteiger partial charge in [-0.2, -0.15) is 4.31 Å². The second kappa shape index (κ2) is 9.24. The van der Waals surface area contributed by atoms with Crippen LogP contribution in [-0.2, 0) is 10.0 Å². The standard InChI is InChI=1S/C21H25ClN2O5S/c1-14-5-4-10-24(13-14)30(26,27)20-11-15(6-8-17(20)22)21(25)23-18-9-7-16(28-2)12-19(18)29-3/h6-9,11-12,14H,4-5,10,13H2,1-3H3,(H,23,25)/t14-/m0/s1. The lowest BCUT2D eigenvalue weighted by Gasteiger charge is -2.30. The molecular weight excluding hydrogens is 428 g/mol. The first kappa shape index (κ1) is 22.4. The van der Waals surface area contributed by atoms with Crippen LogP contribution >= 0.6 is 11.6 Å². The van der Waals surface area contributed by atoms with E-state index in [0.717, 1.165) is 12.8 Å². The van der Waals surface area contributed by atoms with Crippen LogP contribution in [-0.4, -0.2) is 45.9 Å². The zero-order valence-electron chi connectivity index (χ0n) is 17.1. The van der Waals surface area contributed by atoms with Crippen molar-refractivity contribution in [2.45, 2.75) is 24.7 Å². The predicted octanol–water partition coefficient (Wildman–Crippen LogP) is 4.03. The third kappa shape index (κ3) is 4.71. The number of carbonyl (C=O) groups excluding carboxylic acids is 1. The van der Waals surface area contributed by atoms with Crippen molar-refractivity contribution in [3.8, 4) is 11.5 Å². The van der Waals surface area contributed by atoms with Gasteiger partial charge in [-0.3, -0.25) is 4.79 Å². The summed E-state index contributed by atoms with van der Waals surface area (Å²) >= 11 is 6.21. The Morgan fingerprint density at radius 1 is 1.17 bits per heavy atom. The van der Waals surface area contributed by atoms with Crippen molar-refractivity contribution in [3.63, 3.8) is 0 Å². The average molecular weight is 453 g/mol. The molecule has 2 aromatic rings. The van der Waals surface area contributed by atoms with E-state index >= 15 is 0 Å². The maximum Gasteiger partial charge on any atom is 0.255 e. The third-order valence-corrected chi connectivity index (χ3v) is 7.43. The Hall–Kier alpha value is -2.29. The Balaban J connectivity index is 1.89. The molecule has 1 N–H and O–H groups in total. The lowest BCUT2D eigenvalue weighted by molar-refractivity contribution is 0.102. The molecule has 0 bridgehead atoms. The molecule has 1 aliphatic heterocycles. The smallest absolute Gasteiger partial charge is 0.255 e. The Morgan fingerprint density at radius 2 is 1.93 bits per heavy atom. The van der Waals surface area contributed by atoms with Gasteiger partial charge < -0.3 is 14.8 Å². The first-order valence-corrected chi connectivity index (χ1v) is 11.4. The summed E-state index contributed by atoms with van der Waals surface area (Å²) in [7, 11) is -0.779. The number of hydrogen-bond donors (Lipinski definition) is 1. The molecule has 1 amide bonds. The van der Waals surface area contributed by atoms with E-state index in [0.29, 0.717) is 30.3 Å². The molecule has 0 saturated carbocycles. The van der Waals surface area contributed by atoms with Crippen LogP contribution in [0.4, 0.5) is 5.69 Å². The summed E-state index contributed by atoms with van der Waals surface area (Å²) in [6.07, 6.45) is 1.79. The maximum absolute atomic E-state index is 13.1. The number of nitrogens with zero attached hydrogens (tertiary/aromatic N) is 1. The number of amides is 1. The monoisotopic (exact) mass is 452 g/mol. The van der Waals surface area contributed by atoms with Crippen LogP contribution in [0, 0.1) is 5.92 Å². The van der Waals surface area contributed by atoms with E-state index in [2.05, 4.69) is 5.32 Å². The molecule has 0 unspecified atom stereocenters. The Labute approximate surface area is 182 Å². The van der Waals surface area contributed by atoms with Crippen LogP contribution in [0.2, 0.25) is 5.02 Å². The summed E-state index contributed by atoms with van der Waals surface area (Å²) in [6, 6.07) is 9.23. The normalized spacial score (nSPS) is 17.4. The summed E-state index contributed by atoms with van der Waals surface area (Å²) in [5.41, 5.74) is 0.619. The Morgan fingerprint density at radius 3 is 2.60 bits per heavy atom. The predicted molar refractivity (Wildman–Crippen MR) is 116 cm³/mol. The van der Waals surface area contributed by atoms with Gasteiger partial charge in [0.1, 0.15) is 16.4 Å². The highest BCUT2D eigenvalue weighted by Gasteiger charge is 2.31. The molecule has 0 spiro atoms. The van der Waals surface area contributed by atoms with E-state index in [1.165, 1.54) is 36.7 Å². The number of nitrogens with one attached hydrogen (secondary N) is 1. The fraction of sp³-hybridized carbons (Fsp3) is 0.381. The molecule has 7 nitrogen and oxygen atoms in total. The van der Waals surface area contributed by atoms with Gasteiger partial charge in [0.25, 0.3) is 5.91 Å². The number of rotatable bonds is 6. The topological polar surface area (TPSA) is 84.9 Å². The zero-order chi connectivity index (χ0) is 21.9. The van der Waals surface area contributed by atoms with Gasteiger partial charge in [0.15, 0.2) is 0 Å². The fourth-order valence-electron chi connectivity index (χ4n) is 3.44. The highest BCUT2D eigenvalue weighted by molar-refractivity contribution is 7.89. The Bertz CT molecular complexity index is 1040. The van der Waals surface area contributed by atoms with E-state index in [1.54, 1.807) is 18.2 Å². The SMILES string of the molecule is COc1ccc(NC(=O)c2ccc(Cl)c(S(=O)(=O)N3CCC[C@H](C)C3)c2)c(OC)c1. The molecule has 1 aliphatic rings. The summed E-state index contributed by atoms with van der Waals surface area (Å²) in [6.45, 7) is 2.91. The first-order valence-electron chi connectivity index (χ1n) is 9.59. The van der Waals surface area contributed by atoms with Crippen molar-refractivity contribution in [1.82, 2.24) is 4.31 Å². The third-order valence-electron chi connectivity index (χ3n) is 5.09. The first-order chi connectivity index (χ1) is 14.3. The maximum atomic E-state index is 13.1. The minimum atomic E-state index is -3.80. The summed E-state index contributed by atoms with van der Waals surface area (Å²) < 4.78 is 38.2. The highest BCUT2D eigenvalue weighted by atomic mass is 35.5. The lowest BCUT2D eigenvalue weighted by Crippen LogP contribution is -2.39. The molecule has 2 aromatic carbocycles. The van der Waals surface area contributed by atoms with Crippen molar-refractivity contribution in [3.05, 3.63) is 47.0 Å². The molecule has 0 aliphatic carbocycles. The minimum absolute atomic E-state index is 0.0624. The van der Waals surface area contributed by atoms with Gasteiger partial charge in [0, 0.05) is 24.7 Å². The van der Waals surface area contributed by atoms with Gasteiger partial charge in [-0.1, -0.05) is 18.5 Å². The number of carbonyl (C=O) groups is 1. The van der Waals surface area contributed by atoms with E-state index < -0.39 is 15.9 Å². The summed E-state index contributed by atoms with van der Waals surface area (Å²) in [5, 5.41) is 2.83. The van der Waals surface area contributed by atoms with Gasteiger partial charge >= 0.3 is 0 Å². The number of sulfonamides is 1. The molecule has 0 aromatic heterocycles. The van der Waals surface area contributed by atoms with Crippen LogP contribution in [0.3, 0.4) is 0 Å². The fourth-order valence-corrected chi connectivity index (χ4v) is 5.54. The number of piperidine rings is 1. The van der Waals surface area contributed by atoms with Crippen molar-refractivity contribution in [1.29, 1.82) is 0 Å². The van der Waals surface area contributed by atoms with Gasteiger partial charge in [0.05, 0.1) is 24.9 Å². The van der Waals surface area contributed by atoms with Gasteiger partial charge in [-0.15, -0.1) is 0 Å². The number of hydrogen-bond acceptors (Lipinski definition) is 5. The molecule has 30 heavy (non-hydrogen) atoms. The zero-order valence-corrected chi connectivity index (χ0v) is 18.7. The average Bonchev–Trinajstić information content (AvgIpc) is 2.74. The second-order valence-corrected chi connectivity index (χ2v) is 9.59. The molecule has 0 radical (unpaired) electrons. The number of ether oxygens (including phenoxy) is 2. The molecular formula is C21H25ClN2O5S. The lowest BCUT2D eigenvalue weighted by atomic mass is 10.0. The minimum Gasteiger partial charge on any atom is -0.497 e. The quantitative estimate of drug-likeness (QED) is 0.715. The number of anilines is 1. The van der Waals surface area contributed by atoms with Crippen molar-refractivity contribution in [2.24, 2.45) is 5.92 Å².